The van der Waals surface area contributed by atoms with Gasteiger partial charge in [-0.3, -0.25) is 4.79 Å². The standard InChI is InChI=1S/C9H12BNO3S/c1-9(2)5-4-6(10(13)14)15-7(5)8(12)11(9)3/h4,13-14H,1-3H3. The van der Waals surface area contributed by atoms with Gasteiger partial charge in [-0.25, -0.2) is 0 Å². The molecule has 0 bridgehead atoms. The van der Waals surface area contributed by atoms with Gasteiger partial charge in [-0.15, -0.1) is 11.3 Å². The predicted molar refractivity (Wildman–Crippen MR) is 59.3 cm³/mol. The lowest BCUT2D eigenvalue weighted by molar-refractivity contribution is 0.0693. The van der Waals surface area contributed by atoms with Crippen molar-refractivity contribution in [3.63, 3.8) is 0 Å². The van der Waals surface area contributed by atoms with Crippen LogP contribution in [0.2, 0.25) is 0 Å². The third-order valence-corrected chi connectivity index (χ3v) is 4.17. The average Bonchev–Trinajstić information content (AvgIpc) is 2.65. The molecule has 2 rings (SSSR count). The summed E-state index contributed by atoms with van der Waals surface area (Å²) < 4.78 is 0.425. The van der Waals surface area contributed by atoms with E-state index in [1.165, 1.54) is 0 Å². The molecule has 0 radical (unpaired) electrons. The van der Waals surface area contributed by atoms with Crippen LogP contribution in [0.15, 0.2) is 6.07 Å². The van der Waals surface area contributed by atoms with Crippen molar-refractivity contribution in [3.8, 4) is 0 Å². The summed E-state index contributed by atoms with van der Waals surface area (Å²) in [5, 5.41) is 18.1. The molecule has 1 amide bonds. The SMILES string of the molecule is CN1C(=O)c2sc(B(O)O)cc2C1(C)C. The van der Waals surface area contributed by atoms with Crippen molar-refractivity contribution in [2.45, 2.75) is 19.4 Å². The average molecular weight is 225 g/mol. The van der Waals surface area contributed by atoms with Crippen LogP contribution in [-0.2, 0) is 5.54 Å². The maximum atomic E-state index is 11.8. The van der Waals surface area contributed by atoms with Gasteiger partial charge < -0.3 is 14.9 Å². The number of rotatable bonds is 1. The Morgan fingerprint density at radius 1 is 1.47 bits per heavy atom. The van der Waals surface area contributed by atoms with E-state index < -0.39 is 7.12 Å². The van der Waals surface area contributed by atoms with E-state index in [9.17, 15) is 4.79 Å². The quantitative estimate of drug-likeness (QED) is 0.648. The van der Waals surface area contributed by atoms with Gasteiger partial charge in [-0.1, -0.05) is 0 Å². The summed E-state index contributed by atoms with van der Waals surface area (Å²) in [6, 6.07) is 1.70. The first-order chi connectivity index (χ1) is 6.85. The van der Waals surface area contributed by atoms with E-state index in [0.717, 1.165) is 16.9 Å². The summed E-state index contributed by atoms with van der Waals surface area (Å²) in [6.07, 6.45) is 0. The molecule has 6 heteroatoms. The maximum absolute atomic E-state index is 11.8. The van der Waals surface area contributed by atoms with E-state index in [-0.39, 0.29) is 11.4 Å². The van der Waals surface area contributed by atoms with E-state index in [4.69, 9.17) is 10.0 Å². The minimum Gasteiger partial charge on any atom is -0.423 e. The Morgan fingerprint density at radius 3 is 2.53 bits per heavy atom. The molecule has 2 heterocycles. The Bertz CT molecular complexity index is 427. The molecule has 0 saturated heterocycles. The molecule has 15 heavy (non-hydrogen) atoms. The van der Waals surface area contributed by atoms with Crippen LogP contribution in [0.25, 0.3) is 0 Å². The molecule has 2 N–H and O–H groups in total. The lowest BCUT2D eigenvalue weighted by Gasteiger charge is -2.28. The first-order valence-electron chi connectivity index (χ1n) is 4.64. The number of fused-ring (bicyclic) bond motifs is 1. The van der Waals surface area contributed by atoms with Gasteiger partial charge >= 0.3 is 7.12 Å². The fourth-order valence-corrected chi connectivity index (χ4v) is 2.90. The minimum atomic E-state index is -1.49. The number of nitrogens with zero attached hydrogens (tertiary/aromatic N) is 1. The highest BCUT2D eigenvalue weighted by atomic mass is 32.1. The van der Waals surface area contributed by atoms with Crippen molar-refractivity contribution in [1.82, 2.24) is 4.90 Å². The second-order valence-corrected chi connectivity index (χ2v) is 5.27. The second kappa shape index (κ2) is 3.07. The Kier molecular flexibility index (Phi) is 2.18. The molecular weight excluding hydrogens is 213 g/mol. The van der Waals surface area contributed by atoms with Gasteiger partial charge in [0.2, 0.25) is 0 Å². The van der Waals surface area contributed by atoms with Gasteiger partial charge in [-0.05, 0) is 19.9 Å². The highest BCUT2D eigenvalue weighted by Crippen LogP contribution is 2.39. The van der Waals surface area contributed by atoms with Crippen LogP contribution in [0.1, 0.15) is 29.1 Å². The molecule has 1 aliphatic heterocycles. The van der Waals surface area contributed by atoms with Crippen LogP contribution in [0.4, 0.5) is 0 Å². The summed E-state index contributed by atoms with van der Waals surface area (Å²) in [5.41, 5.74) is 0.513. The second-order valence-electron chi connectivity index (χ2n) is 4.19. The number of amides is 1. The summed E-state index contributed by atoms with van der Waals surface area (Å²) in [5.74, 6) is -0.0492. The molecule has 0 spiro atoms. The van der Waals surface area contributed by atoms with Gasteiger partial charge in [0.05, 0.1) is 10.4 Å². The molecule has 1 aromatic heterocycles. The van der Waals surface area contributed by atoms with Crippen molar-refractivity contribution in [1.29, 1.82) is 0 Å². The van der Waals surface area contributed by atoms with Crippen molar-refractivity contribution >= 4 is 29.1 Å². The smallest absolute Gasteiger partial charge is 0.423 e. The molecule has 1 aliphatic rings. The normalized spacial score (nSPS) is 18.2. The molecule has 4 nitrogen and oxygen atoms in total. The van der Waals surface area contributed by atoms with Crippen LogP contribution >= 0.6 is 11.3 Å². The largest absolute Gasteiger partial charge is 0.499 e. The topological polar surface area (TPSA) is 60.8 Å². The van der Waals surface area contributed by atoms with Crippen LogP contribution in [0, 0.1) is 0 Å². The van der Waals surface area contributed by atoms with Crippen LogP contribution in [0.5, 0.6) is 0 Å². The fraction of sp³-hybridized carbons (Fsp3) is 0.444. The summed E-state index contributed by atoms with van der Waals surface area (Å²) in [4.78, 5) is 14.1. The number of carbonyl (C=O) groups is 1. The van der Waals surface area contributed by atoms with Gasteiger partial charge in [0, 0.05) is 17.4 Å². The molecular formula is C9H12BNO3S. The van der Waals surface area contributed by atoms with Gasteiger partial charge in [-0.2, -0.15) is 0 Å². The Morgan fingerprint density at radius 2 is 2.07 bits per heavy atom. The molecule has 80 valence electrons. The summed E-state index contributed by atoms with van der Waals surface area (Å²) >= 11 is 1.15. The number of thiophene rings is 1. The Labute approximate surface area is 92.3 Å². The van der Waals surface area contributed by atoms with Gasteiger partial charge in [0.1, 0.15) is 0 Å². The van der Waals surface area contributed by atoms with Crippen LogP contribution in [0.3, 0.4) is 0 Å². The summed E-state index contributed by atoms with van der Waals surface area (Å²) in [6.45, 7) is 3.88. The molecule has 0 unspecified atom stereocenters. The van der Waals surface area contributed by atoms with E-state index in [1.807, 2.05) is 13.8 Å². The lowest BCUT2D eigenvalue weighted by atomic mass is 9.87. The third-order valence-electron chi connectivity index (χ3n) is 3.00. The van der Waals surface area contributed by atoms with Crippen LogP contribution in [-0.4, -0.2) is 35.0 Å². The molecule has 0 fully saturated rings. The molecule has 0 atom stereocenters. The lowest BCUT2D eigenvalue weighted by Crippen LogP contribution is -2.36. The fourth-order valence-electron chi connectivity index (χ4n) is 1.74. The Hall–Kier alpha value is -0.845. The summed E-state index contributed by atoms with van der Waals surface area (Å²) in [7, 11) is 0.263. The van der Waals surface area contributed by atoms with Crippen molar-refractivity contribution in [2.24, 2.45) is 0 Å². The van der Waals surface area contributed by atoms with E-state index in [0.29, 0.717) is 9.65 Å². The number of hydrogen-bond donors (Lipinski definition) is 2. The number of carbonyl (C=O) groups excluding carboxylic acids is 1. The third kappa shape index (κ3) is 1.32. The number of hydrogen-bond acceptors (Lipinski definition) is 4. The molecule has 0 saturated carbocycles. The highest BCUT2D eigenvalue weighted by molar-refractivity contribution is 7.23. The predicted octanol–water partition coefficient (Wildman–Crippen LogP) is -0.251. The first-order valence-corrected chi connectivity index (χ1v) is 5.46. The molecule has 1 aromatic rings. The van der Waals surface area contributed by atoms with E-state index in [1.54, 1.807) is 18.0 Å². The zero-order chi connectivity index (χ0) is 11.4. The van der Waals surface area contributed by atoms with Crippen molar-refractivity contribution in [2.75, 3.05) is 7.05 Å². The zero-order valence-electron chi connectivity index (χ0n) is 8.81. The molecule has 0 aliphatic carbocycles. The van der Waals surface area contributed by atoms with Crippen LogP contribution < -0.4 is 4.78 Å². The monoisotopic (exact) mass is 225 g/mol. The van der Waals surface area contributed by atoms with E-state index >= 15 is 0 Å². The first kappa shape index (κ1) is 10.7. The van der Waals surface area contributed by atoms with Crippen molar-refractivity contribution < 1.29 is 14.8 Å². The van der Waals surface area contributed by atoms with E-state index in [2.05, 4.69) is 0 Å². The van der Waals surface area contributed by atoms with Crippen molar-refractivity contribution in [3.05, 3.63) is 16.5 Å². The highest BCUT2D eigenvalue weighted by Gasteiger charge is 2.43. The minimum absolute atomic E-state index is 0.0492. The Balaban J connectivity index is 2.56. The van der Waals surface area contributed by atoms with Gasteiger partial charge in [0.25, 0.3) is 5.91 Å². The van der Waals surface area contributed by atoms with Gasteiger partial charge in [0.15, 0.2) is 0 Å². The molecule has 0 aromatic carbocycles. The maximum Gasteiger partial charge on any atom is 0.499 e. The zero-order valence-corrected chi connectivity index (χ0v) is 9.63.